The lowest BCUT2D eigenvalue weighted by Gasteiger charge is -2.31. The molecule has 178 valence electrons. The van der Waals surface area contributed by atoms with Crippen LogP contribution in [0.25, 0.3) is 0 Å². The maximum absolute atomic E-state index is 11.1. The van der Waals surface area contributed by atoms with Crippen molar-refractivity contribution in [3.63, 3.8) is 0 Å². The fourth-order valence-electron chi connectivity index (χ4n) is 4.70. The molecule has 0 aromatic rings. The summed E-state index contributed by atoms with van der Waals surface area (Å²) in [6, 6.07) is 0. The van der Waals surface area contributed by atoms with Crippen LogP contribution in [0.3, 0.4) is 0 Å². The minimum absolute atomic E-state index is 0.714. The molecule has 1 amide bonds. The van der Waals surface area contributed by atoms with Crippen molar-refractivity contribution in [2.75, 3.05) is 32.7 Å². The van der Waals surface area contributed by atoms with Gasteiger partial charge in [0.05, 0.1) is 0 Å². The molecule has 0 saturated carbocycles. The number of hydrogen-bond donors (Lipinski definition) is 1. The Hall–Kier alpha value is -0.770. The molecule has 1 heterocycles. The molecule has 0 aromatic heterocycles. The molecule has 4 nitrogen and oxygen atoms in total. The molecule has 0 spiro atoms. The van der Waals surface area contributed by atoms with Crippen LogP contribution in [-0.4, -0.2) is 53.7 Å². The Bertz CT molecular complexity index is 376. The van der Waals surface area contributed by atoms with Crippen LogP contribution in [0.4, 0.5) is 4.79 Å². The van der Waals surface area contributed by atoms with Gasteiger partial charge in [0, 0.05) is 13.1 Å². The van der Waals surface area contributed by atoms with E-state index in [4.69, 9.17) is 5.11 Å². The van der Waals surface area contributed by atoms with Crippen molar-refractivity contribution >= 4 is 6.09 Å². The number of nitrogens with zero attached hydrogens (tertiary/aromatic N) is 2. The van der Waals surface area contributed by atoms with E-state index in [1.807, 2.05) is 0 Å². The van der Waals surface area contributed by atoms with Crippen molar-refractivity contribution in [1.29, 1.82) is 0 Å². The minimum atomic E-state index is -0.743. The summed E-state index contributed by atoms with van der Waals surface area (Å²) in [5.41, 5.74) is 0. The van der Waals surface area contributed by atoms with Crippen LogP contribution in [0.2, 0.25) is 0 Å². The number of hydrogen-bond acceptors (Lipinski definition) is 2. The van der Waals surface area contributed by atoms with Crippen molar-refractivity contribution in [2.24, 2.45) is 5.92 Å². The summed E-state index contributed by atoms with van der Waals surface area (Å²) in [6.45, 7) is 9.77. The fourth-order valence-corrected chi connectivity index (χ4v) is 4.70. The van der Waals surface area contributed by atoms with E-state index in [1.54, 1.807) is 4.90 Å². The third-order valence-corrected chi connectivity index (χ3v) is 6.89. The molecule has 1 saturated heterocycles. The Morgan fingerprint density at radius 1 is 0.733 bits per heavy atom. The topological polar surface area (TPSA) is 43.8 Å². The van der Waals surface area contributed by atoms with Gasteiger partial charge in [-0.05, 0) is 57.7 Å². The van der Waals surface area contributed by atoms with Crippen LogP contribution < -0.4 is 0 Å². The monoisotopic (exact) mass is 424 g/mol. The summed E-state index contributed by atoms with van der Waals surface area (Å²) in [5.74, 6) is 0.714. The molecule has 0 unspecified atom stereocenters. The Morgan fingerprint density at radius 2 is 1.17 bits per heavy atom. The molecular weight excluding hydrogens is 372 g/mol. The third-order valence-electron chi connectivity index (χ3n) is 6.89. The number of piperidine rings is 1. The Balaban J connectivity index is 2.23. The zero-order chi connectivity index (χ0) is 21.9. The standard InChI is InChI=1S/C26H52N2O2/c1-3-5-7-9-11-13-15-20-27(21-16-14-12-10-8-6-4-2)22-17-25-18-23-28(24-19-25)26(29)30/h25H,3-24H2,1-2H3,(H,29,30). The van der Waals surface area contributed by atoms with Gasteiger partial charge in [-0.25, -0.2) is 4.79 Å². The summed E-state index contributed by atoms with van der Waals surface area (Å²) in [6.07, 6.45) is 22.0. The largest absolute Gasteiger partial charge is 0.465 e. The van der Waals surface area contributed by atoms with Crippen molar-refractivity contribution in [3.8, 4) is 0 Å². The molecule has 1 N–H and O–H groups in total. The second kappa shape index (κ2) is 19.0. The number of rotatable bonds is 19. The van der Waals surface area contributed by atoms with E-state index in [9.17, 15) is 4.79 Å². The van der Waals surface area contributed by atoms with Gasteiger partial charge in [-0.2, -0.15) is 0 Å². The highest BCUT2D eigenvalue weighted by atomic mass is 16.4. The van der Waals surface area contributed by atoms with Gasteiger partial charge < -0.3 is 14.9 Å². The molecule has 1 aliphatic rings. The van der Waals surface area contributed by atoms with Gasteiger partial charge in [0.2, 0.25) is 0 Å². The summed E-state index contributed by atoms with van der Waals surface area (Å²) in [5, 5.41) is 9.14. The van der Waals surface area contributed by atoms with Crippen molar-refractivity contribution in [2.45, 2.75) is 123 Å². The highest BCUT2D eigenvalue weighted by Crippen LogP contribution is 2.21. The van der Waals surface area contributed by atoms with Gasteiger partial charge in [-0.3, -0.25) is 0 Å². The number of carbonyl (C=O) groups is 1. The van der Waals surface area contributed by atoms with E-state index >= 15 is 0 Å². The van der Waals surface area contributed by atoms with Crippen LogP contribution in [0, 0.1) is 5.92 Å². The van der Waals surface area contributed by atoms with Crippen LogP contribution in [0.1, 0.15) is 123 Å². The highest BCUT2D eigenvalue weighted by molar-refractivity contribution is 5.64. The second-order valence-electron chi connectivity index (χ2n) is 9.59. The Morgan fingerprint density at radius 3 is 1.60 bits per heavy atom. The number of unbranched alkanes of at least 4 members (excludes halogenated alkanes) is 12. The van der Waals surface area contributed by atoms with E-state index in [0.717, 1.165) is 25.9 Å². The molecule has 0 aromatic carbocycles. The fraction of sp³-hybridized carbons (Fsp3) is 0.962. The van der Waals surface area contributed by atoms with Gasteiger partial charge >= 0.3 is 6.09 Å². The predicted molar refractivity (Wildman–Crippen MR) is 129 cm³/mol. The van der Waals surface area contributed by atoms with E-state index in [-0.39, 0.29) is 0 Å². The van der Waals surface area contributed by atoms with E-state index in [1.165, 1.54) is 116 Å². The first kappa shape index (κ1) is 27.3. The van der Waals surface area contributed by atoms with Crippen molar-refractivity contribution < 1.29 is 9.90 Å². The molecule has 1 fully saturated rings. The van der Waals surface area contributed by atoms with Crippen LogP contribution in [-0.2, 0) is 0 Å². The molecule has 0 bridgehead atoms. The summed E-state index contributed by atoms with van der Waals surface area (Å²) in [4.78, 5) is 15.4. The summed E-state index contributed by atoms with van der Waals surface area (Å²) < 4.78 is 0. The van der Waals surface area contributed by atoms with E-state index in [0.29, 0.717) is 5.92 Å². The molecule has 4 heteroatoms. The predicted octanol–water partition coefficient (Wildman–Crippen LogP) is 7.57. The van der Waals surface area contributed by atoms with Crippen LogP contribution in [0.5, 0.6) is 0 Å². The lowest BCUT2D eigenvalue weighted by Crippen LogP contribution is -2.38. The highest BCUT2D eigenvalue weighted by Gasteiger charge is 2.22. The molecule has 0 aliphatic carbocycles. The average molecular weight is 425 g/mol. The maximum Gasteiger partial charge on any atom is 0.407 e. The number of carboxylic acid groups (broad SMARTS) is 1. The SMILES string of the molecule is CCCCCCCCCN(CCCCCCCCC)CCC1CCN(C(=O)O)CC1. The van der Waals surface area contributed by atoms with Crippen LogP contribution in [0.15, 0.2) is 0 Å². The molecule has 1 rings (SSSR count). The van der Waals surface area contributed by atoms with Crippen molar-refractivity contribution in [3.05, 3.63) is 0 Å². The second-order valence-corrected chi connectivity index (χ2v) is 9.59. The molecule has 30 heavy (non-hydrogen) atoms. The van der Waals surface area contributed by atoms with E-state index in [2.05, 4.69) is 18.7 Å². The maximum atomic E-state index is 11.1. The molecular formula is C26H52N2O2. The van der Waals surface area contributed by atoms with Gasteiger partial charge in [0.15, 0.2) is 0 Å². The van der Waals surface area contributed by atoms with Gasteiger partial charge in [-0.1, -0.05) is 90.9 Å². The number of likely N-dealkylation sites (tertiary alicyclic amines) is 1. The van der Waals surface area contributed by atoms with Gasteiger partial charge in [0.25, 0.3) is 0 Å². The molecule has 1 aliphatic heterocycles. The first-order valence-electron chi connectivity index (χ1n) is 13.4. The van der Waals surface area contributed by atoms with Gasteiger partial charge in [0.1, 0.15) is 0 Å². The minimum Gasteiger partial charge on any atom is -0.465 e. The Labute approximate surface area is 187 Å². The normalized spacial score (nSPS) is 15.2. The molecule has 0 atom stereocenters. The number of amides is 1. The first-order chi connectivity index (χ1) is 14.7. The zero-order valence-corrected chi connectivity index (χ0v) is 20.4. The molecule has 0 radical (unpaired) electrons. The lowest BCUT2D eigenvalue weighted by molar-refractivity contribution is 0.119. The zero-order valence-electron chi connectivity index (χ0n) is 20.4. The Kier molecular flexibility index (Phi) is 17.2. The third kappa shape index (κ3) is 14.3. The first-order valence-corrected chi connectivity index (χ1v) is 13.4. The van der Waals surface area contributed by atoms with E-state index < -0.39 is 6.09 Å². The summed E-state index contributed by atoms with van der Waals surface area (Å²) in [7, 11) is 0. The quantitative estimate of drug-likeness (QED) is 0.217. The smallest absolute Gasteiger partial charge is 0.407 e. The van der Waals surface area contributed by atoms with Crippen LogP contribution >= 0.6 is 0 Å². The average Bonchev–Trinajstić information content (AvgIpc) is 2.75. The summed E-state index contributed by atoms with van der Waals surface area (Å²) >= 11 is 0. The van der Waals surface area contributed by atoms with Crippen molar-refractivity contribution in [1.82, 2.24) is 9.80 Å². The van der Waals surface area contributed by atoms with Gasteiger partial charge in [-0.15, -0.1) is 0 Å². The lowest BCUT2D eigenvalue weighted by atomic mass is 9.93.